The first-order chi connectivity index (χ1) is 6.56. The van der Waals surface area contributed by atoms with Crippen LogP contribution in [0, 0.1) is 0 Å². The van der Waals surface area contributed by atoms with Crippen molar-refractivity contribution in [3.05, 3.63) is 27.9 Å². The molecule has 1 heterocycles. The Kier molecular flexibility index (Phi) is 3.01. The van der Waals surface area contributed by atoms with Crippen LogP contribution < -0.4 is 5.69 Å². The molecule has 0 atom stereocenters. The van der Waals surface area contributed by atoms with E-state index in [1.807, 2.05) is 6.92 Å². The summed E-state index contributed by atoms with van der Waals surface area (Å²) in [5.41, 5.74) is 0.0514. The third kappa shape index (κ3) is 1.99. The molecule has 0 aliphatic heterocycles. The van der Waals surface area contributed by atoms with Gasteiger partial charge in [-0.1, -0.05) is 13.3 Å². The maximum Gasteiger partial charge on any atom is 0.347 e. The van der Waals surface area contributed by atoms with E-state index < -0.39 is 11.7 Å². The topological polar surface area (TPSA) is 72.2 Å². The summed E-state index contributed by atoms with van der Waals surface area (Å²) in [6, 6.07) is 0. The zero-order chi connectivity index (χ0) is 10.7. The van der Waals surface area contributed by atoms with E-state index in [0.717, 1.165) is 6.42 Å². The second-order valence-corrected chi connectivity index (χ2v) is 3.05. The molecule has 1 aromatic heterocycles. The number of carboxylic acid groups (broad SMARTS) is 1. The average molecular weight is 196 g/mol. The molecular formula is C9H12N2O3. The number of hydrogen-bond acceptors (Lipinski definition) is 3. The van der Waals surface area contributed by atoms with Gasteiger partial charge in [-0.25, -0.2) is 9.59 Å². The molecule has 5 nitrogen and oxygen atoms in total. The molecule has 0 aliphatic carbocycles. The third-order valence-corrected chi connectivity index (χ3v) is 1.88. The molecule has 5 heteroatoms. The Morgan fingerprint density at radius 1 is 1.64 bits per heavy atom. The fourth-order valence-electron chi connectivity index (χ4n) is 1.18. The number of nitrogens with zero attached hydrogens (tertiary/aromatic N) is 2. The van der Waals surface area contributed by atoms with E-state index in [2.05, 4.69) is 4.98 Å². The van der Waals surface area contributed by atoms with Crippen LogP contribution >= 0.6 is 0 Å². The summed E-state index contributed by atoms with van der Waals surface area (Å²) in [5.74, 6) is -1.04. The van der Waals surface area contributed by atoms with E-state index in [9.17, 15) is 9.59 Å². The standard InChI is InChI=1S/C9H12N2O3/c1-3-4-7-6(8(12)13)5-11(2)9(14)10-7/h5H,3-4H2,1-2H3,(H,12,13). The Bertz CT molecular complexity index is 409. The van der Waals surface area contributed by atoms with Gasteiger partial charge in [0.2, 0.25) is 0 Å². The number of carbonyl (C=O) groups is 1. The maximum atomic E-state index is 11.1. The highest BCUT2D eigenvalue weighted by molar-refractivity contribution is 5.88. The van der Waals surface area contributed by atoms with E-state index in [4.69, 9.17) is 5.11 Å². The molecule has 0 fully saturated rings. The number of carboxylic acids is 1. The summed E-state index contributed by atoms with van der Waals surface area (Å²) in [4.78, 5) is 25.7. The summed E-state index contributed by atoms with van der Waals surface area (Å²) in [5, 5.41) is 8.85. The molecule has 0 radical (unpaired) electrons. The lowest BCUT2D eigenvalue weighted by molar-refractivity contribution is 0.0694. The molecule has 0 spiro atoms. The van der Waals surface area contributed by atoms with Crippen LogP contribution in [0.15, 0.2) is 11.0 Å². The van der Waals surface area contributed by atoms with Crippen LogP contribution in [-0.4, -0.2) is 20.6 Å². The van der Waals surface area contributed by atoms with E-state index >= 15 is 0 Å². The van der Waals surface area contributed by atoms with Crippen LogP contribution in [0.2, 0.25) is 0 Å². The number of aromatic carboxylic acids is 1. The molecule has 1 N–H and O–H groups in total. The lowest BCUT2D eigenvalue weighted by atomic mass is 10.1. The Balaban J connectivity index is 3.31. The number of rotatable bonds is 3. The van der Waals surface area contributed by atoms with Gasteiger partial charge in [0.25, 0.3) is 0 Å². The van der Waals surface area contributed by atoms with Gasteiger partial charge in [-0.2, -0.15) is 4.98 Å². The van der Waals surface area contributed by atoms with E-state index in [-0.39, 0.29) is 5.56 Å². The number of hydrogen-bond donors (Lipinski definition) is 1. The largest absolute Gasteiger partial charge is 0.478 e. The first-order valence-electron chi connectivity index (χ1n) is 4.36. The van der Waals surface area contributed by atoms with Crippen LogP contribution in [0.5, 0.6) is 0 Å². The van der Waals surface area contributed by atoms with Gasteiger partial charge in [-0.05, 0) is 6.42 Å². The summed E-state index contributed by atoms with van der Waals surface area (Å²) in [6.07, 6.45) is 2.58. The molecule has 1 aromatic rings. The Morgan fingerprint density at radius 2 is 2.29 bits per heavy atom. The van der Waals surface area contributed by atoms with Crippen molar-refractivity contribution in [2.45, 2.75) is 19.8 Å². The van der Waals surface area contributed by atoms with Crippen molar-refractivity contribution in [2.24, 2.45) is 7.05 Å². The predicted octanol–water partition coefficient (Wildman–Crippen LogP) is 0.431. The van der Waals surface area contributed by atoms with Crippen LogP contribution in [0.1, 0.15) is 29.4 Å². The normalized spacial score (nSPS) is 10.1. The molecule has 0 aliphatic rings. The molecule has 1 rings (SSSR count). The highest BCUT2D eigenvalue weighted by Crippen LogP contribution is 2.05. The molecule has 0 unspecified atom stereocenters. The first-order valence-corrected chi connectivity index (χ1v) is 4.36. The number of aryl methyl sites for hydroxylation is 2. The smallest absolute Gasteiger partial charge is 0.347 e. The van der Waals surface area contributed by atoms with Gasteiger partial charge < -0.3 is 9.67 Å². The SMILES string of the molecule is CCCc1nc(=O)n(C)cc1C(=O)O. The molecule has 0 amide bonds. The van der Waals surface area contributed by atoms with Crippen LogP contribution in [0.25, 0.3) is 0 Å². The third-order valence-electron chi connectivity index (χ3n) is 1.88. The van der Waals surface area contributed by atoms with Gasteiger partial charge in [0, 0.05) is 13.2 Å². The van der Waals surface area contributed by atoms with Crippen molar-refractivity contribution in [3.8, 4) is 0 Å². The van der Waals surface area contributed by atoms with Crippen molar-refractivity contribution >= 4 is 5.97 Å². The predicted molar refractivity (Wildman–Crippen MR) is 50.4 cm³/mol. The average Bonchev–Trinajstić information content (AvgIpc) is 2.11. The van der Waals surface area contributed by atoms with Gasteiger partial charge in [0.1, 0.15) is 0 Å². The maximum absolute atomic E-state index is 11.1. The second kappa shape index (κ2) is 4.04. The Morgan fingerprint density at radius 3 is 2.79 bits per heavy atom. The molecular weight excluding hydrogens is 184 g/mol. The minimum absolute atomic E-state index is 0.106. The van der Waals surface area contributed by atoms with E-state index in [1.165, 1.54) is 17.8 Å². The van der Waals surface area contributed by atoms with E-state index in [0.29, 0.717) is 12.1 Å². The van der Waals surface area contributed by atoms with Crippen molar-refractivity contribution < 1.29 is 9.90 Å². The highest BCUT2D eigenvalue weighted by Gasteiger charge is 2.12. The van der Waals surface area contributed by atoms with Gasteiger partial charge in [-0.3, -0.25) is 0 Å². The first kappa shape index (κ1) is 10.4. The molecule has 0 aromatic carbocycles. The van der Waals surface area contributed by atoms with Gasteiger partial charge >= 0.3 is 11.7 Å². The molecule has 0 bridgehead atoms. The summed E-state index contributed by atoms with van der Waals surface area (Å²) in [6.45, 7) is 1.91. The van der Waals surface area contributed by atoms with Crippen molar-refractivity contribution in [3.63, 3.8) is 0 Å². The lowest BCUT2D eigenvalue weighted by Crippen LogP contribution is -2.24. The lowest BCUT2D eigenvalue weighted by Gasteiger charge is -2.04. The zero-order valence-corrected chi connectivity index (χ0v) is 8.15. The summed E-state index contributed by atoms with van der Waals surface area (Å²) in [7, 11) is 1.48. The minimum Gasteiger partial charge on any atom is -0.478 e. The van der Waals surface area contributed by atoms with Gasteiger partial charge in [0.15, 0.2) is 0 Å². The molecule has 0 saturated heterocycles. The zero-order valence-electron chi connectivity index (χ0n) is 8.15. The van der Waals surface area contributed by atoms with Crippen molar-refractivity contribution in [1.82, 2.24) is 9.55 Å². The fourth-order valence-corrected chi connectivity index (χ4v) is 1.18. The summed E-state index contributed by atoms with van der Waals surface area (Å²) >= 11 is 0. The quantitative estimate of drug-likeness (QED) is 0.760. The Hall–Kier alpha value is -1.65. The monoisotopic (exact) mass is 196 g/mol. The van der Waals surface area contributed by atoms with E-state index in [1.54, 1.807) is 0 Å². The highest BCUT2D eigenvalue weighted by atomic mass is 16.4. The number of aromatic nitrogens is 2. The van der Waals surface area contributed by atoms with Crippen LogP contribution in [-0.2, 0) is 13.5 Å². The Labute approximate surface area is 81.0 Å². The van der Waals surface area contributed by atoms with Crippen molar-refractivity contribution in [2.75, 3.05) is 0 Å². The molecule has 76 valence electrons. The summed E-state index contributed by atoms with van der Waals surface area (Å²) < 4.78 is 1.17. The van der Waals surface area contributed by atoms with Gasteiger partial charge in [0.05, 0.1) is 11.3 Å². The fraction of sp³-hybridized carbons (Fsp3) is 0.444. The van der Waals surface area contributed by atoms with Gasteiger partial charge in [-0.15, -0.1) is 0 Å². The van der Waals surface area contributed by atoms with Crippen LogP contribution in [0.3, 0.4) is 0 Å². The van der Waals surface area contributed by atoms with Crippen molar-refractivity contribution in [1.29, 1.82) is 0 Å². The molecule has 0 saturated carbocycles. The second-order valence-electron chi connectivity index (χ2n) is 3.05. The molecule has 14 heavy (non-hydrogen) atoms. The minimum atomic E-state index is -1.04. The van der Waals surface area contributed by atoms with Crippen LogP contribution in [0.4, 0.5) is 0 Å².